The molecular weight excluding hydrogens is 797 g/mol. The van der Waals surface area contributed by atoms with Crippen molar-refractivity contribution in [2.75, 3.05) is 9.80 Å². The molecule has 0 spiro atoms. The van der Waals surface area contributed by atoms with E-state index < -0.39 is 0 Å². The molecule has 3 aliphatic rings. The third kappa shape index (κ3) is 9.95. The molecule has 344 valence electrons. The molecule has 0 aromatic heterocycles. The summed E-state index contributed by atoms with van der Waals surface area (Å²) in [6, 6.07) is 56.3. The molecule has 2 heteroatoms. The van der Waals surface area contributed by atoms with Crippen molar-refractivity contribution >= 4 is 34.1 Å². The zero-order valence-corrected chi connectivity index (χ0v) is 41.6. The Morgan fingerprint density at radius 2 is 0.576 bits per heavy atom. The SMILES string of the molecule is CC(C)(C)c1ccc(N(c2ccc(-c3ccc(N(c4ccc(C5CCCCC5)cc4)c4ccc(C(C)(C)C5CCCCC5)cc4)cc3)cc2)c2ccc(C(C)(C)C3CCCCC3)cc2)cc1. The van der Waals surface area contributed by atoms with Crippen LogP contribution in [0.5, 0.6) is 0 Å². The van der Waals surface area contributed by atoms with Crippen molar-refractivity contribution < 1.29 is 0 Å². The van der Waals surface area contributed by atoms with E-state index >= 15 is 0 Å². The Morgan fingerprint density at radius 3 is 0.894 bits per heavy atom. The summed E-state index contributed by atoms with van der Waals surface area (Å²) in [6.45, 7) is 16.8. The van der Waals surface area contributed by atoms with Gasteiger partial charge in [0.25, 0.3) is 0 Å². The number of nitrogens with zero attached hydrogens (tertiary/aromatic N) is 2. The maximum atomic E-state index is 2.48. The van der Waals surface area contributed by atoms with Gasteiger partial charge in [0, 0.05) is 34.1 Å². The highest BCUT2D eigenvalue weighted by Crippen LogP contribution is 2.45. The summed E-state index contributed by atoms with van der Waals surface area (Å²) in [5.41, 5.74) is 15.8. The van der Waals surface area contributed by atoms with Gasteiger partial charge in [0.2, 0.25) is 0 Å². The minimum Gasteiger partial charge on any atom is -0.311 e. The molecule has 0 saturated heterocycles. The predicted octanol–water partition coefficient (Wildman–Crippen LogP) is 19.4. The van der Waals surface area contributed by atoms with E-state index in [0.29, 0.717) is 5.92 Å². The summed E-state index contributed by atoms with van der Waals surface area (Å²) in [5.74, 6) is 2.19. The molecule has 66 heavy (non-hydrogen) atoms. The van der Waals surface area contributed by atoms with Crippen LogP contribution in [0, 0.1) is 11.8 Å². The quantitative estimate of drug-likeness (QED) is 0.121. The fraction of sp³-hybridized carbons (Fsp3) is 0.438. The largest absolute Gasteiger partial charge is 0.311 e. The minimum atomic E-state index is 0.0963. The second-order valence-electron chi connectivity index (χ2n) is 22.7. The van der Waals surface area contributed by atoms with Gasteiger partial charge in [0.05, 0.1) is 0 Å². The van der Waals surface area contributed by atoms with Crippen LogP contribution in [-0.2, 0) is 16.2 Å². The summed E-state index contributed by atoms with van der Waals surface area (Å²) < 4.78 is 0. The average molecular weight is 875 g/mol. The summed E-state index contributed by atoms with van der Waals surface area (Å²) >= 11 is 0. The van der Waals surface area contributed by atoms with Crippen molar-refractivity contribution in [3.05, 3.63) is 168 Å². The first-order chi connectivity index (χ1) is 31.9. The molecule has 6 aromatic rings. The van der Waals surface area contributed by atoms with Crippen LogP contribution in [0.1, 0.15) is 173 Å². The van der Waals surface area contributed by atoms with Crippen LogP contribution in [0.25, 0.3) is 11.1 Å². The lowest BCUT2D eigenvalue weighted by Gasteiger charge is -2.38. The zero-order valence-electron chi connectivity index (χ0n) is 41.6. The normalized spacial score (nSPS) is 17.1. The van der Waals surface area contributed by atoms with Crippen LogP contribution in [-0.4, -0.2) is 0 Å². The highest BCUT2D eigenvalue weighted by molar-refractivity contribution is 5.81. The monoisotopic (exact) mass is 875 g/mol. The Kier molecular flexibility index (Phi) is 13.7. The van der Waals surface area contributed by atoms with Crippen LogP contribution >= 0.6 is 0 Å². The van der Waals surface area contributed by atoms with E-state index in [4.69, 9.17) is 0 Å². The third-order valence-corrected chi connectivity index (χ3v) is 16.8. The molecule has 3 aliphatic carbocycles. The van der Waals surface area contributed by atoms with Crippen LogP contribution < -0.4 is 9.80 Å². The van der Waals surface area contributed by atoms with Gasteiger partial charge in [0.15, 0.2) is 0 Å². The molecule has 3 fully saturated rings. The second-order valence-corrected chi connectivity index (χ2v) is 22.7. The molecule has 0 bridgehead atoms. The molecule has 0 heterocycles. The van der Waals surface area contributed by atoms with Crippen LogP contribution in [0.4, 0.5) is 34.1 Å². The fourth-order valence-corrected chi connectivity index (χ4v) is 12.1. The van der Waals surface area contributed by atoms with Gasteiger partial charge in [0.1, 0.15) is 0 Å². The van der Waals surface area contributed by atoms with Gasteiger partial charge in [-0.1, -0.05) is 179 Å². The molecule has 6 aromatic carbocycles. The lowest BCUT2D eigenvalue weighted by molar-refractivity contribution is 0.236. The van der Waals surface area contributed by atoms with E-state index in [0.717, 1.165) is 17.5 Å². The number of hydrogen-bond donors (Lipinski definition) is 0. The van der Waals surface area contributed by atoms with Gasteiger partial charge in [-0.15, -0.1) is 0 Å². The third-order valence-electron chi connectivity index (χ3n) is 16.8. The topological polar surface area (TPSA) is 6.48 Å². The van der Waals surface area contributed by atoms with Gasteiger partial charge in [-0.3, -0.25) is 0 Å². The first-order valence-corrected chi connectivity index (χ1v) is 26.1. The van der Waals surface area contributed by atoms with Gasteiger partial charge in [-0.05, 0) is 179 Å². The molecule has 0 aliphatic heterocycles. The Hall–Kier alpha value is -5.08. The Labute approximate surface area is 399 Å². The number of benzene rings is 6. The molecule has 9 rings (SSSR count). The molecule has 2 nitrogen and oxygen atoms in total. The van der Waals surface area contributed by atoms with E-state index in [9.17, 15) is 0 Å². The smallest absolute Gasteiger partial charge is 0.0462 e. The number of rotatable bonds is 12. The van der Waals surface area contributed by atoms with Crippen LogP contribution in [0.15, 0.2) is 146 Å². The highest BCUT2D eigenvalue weighted by atomic mass is 15.1. The van der Waals surface area contributed by atoms with E-state index in [1.165, 1.54) is 158 Å². The molecule has 0 N–H and O–H groups in total. The van der Waals surface area contributed by atoms with E-state index in [1.54, 1.807) is 0 Å². The van der Waals surface area contributed by atoms with E-state index in [1.807, 2.05) is 0 Å². The van der Waals surface area contributed by atoms with Crippen LogP contribution in [0.3, 0.4) is 0 Å². The van der Waals surface area contributed by atoms with Crippen molar-refractivity contribution in [3.63, 3.8) is 0 Å². The predicted molar refractivity (Wildman–Crippen MR) is 285 cm³/mol. The van der Waals surface area contributed by atoms with Crippen molar-refractivity contribution in [1.82, 2.24) is 0 Å². The molecule has 0 radical (unpaired) electrons. The Morgan fingerprint density at radius 1 is 0.303 bits per heavy atom. The van der Waals surface area contributed by atoms with Crippen molar-refractivity contribution in [3.8, 4) is 11.1 Å². The standard InChI is InChI=1S/C64H78N2/c1-62(2,3)51-29-41-59(42-30-51)66(61-45-33-55(34-46-61)64(6,7)53-21-15-10-16-22-53)58-39-27-50(28-40-58)49-25-37-57(38-26-49)65(56-35-23-48(24-36-56)47-17-11-8-12-18-47)60-43-31-54(32-44-60)63(4,5)52-19-13-9-14-20-52/h23-47,52-53H,8-22H2,1-7H3. The first kappa shape index (κ1) is 46.0. The van der Waals surface area contributed by atoms with Crippen molar-refractivity contribution in [2.24, 2.45) is 11.8 Å². The maximum absolute atomic E-state index is 2.48. The maximum Gasteiger partial charge on any atom is 0.0462 e. The van der Waals surface area contributed by atoms with Crippen molar-refractivity contribution in [2.45, 2.75) is 167 Å². The number of anilines is 6. The Bertz CT molecular complexity index is 2450. The Balaban J connectivity index is 1.00. The molecular formula is C64H78N2. The van der Waals surface area contributed by atoms with Gasteiger partial charge >= 0.3 is 0 Å². The summed E-state index contributed by atoms with van der Waals surface area (Å²) in [6.07, 6.45) is 20.4. The lowest BCUT2D eigenvalue weighted by Crippen LogP contribution is -2.30. The van der Waals surface area contributed by atoms with E-state index in [-0.39, 0.29) is 16.2 Å². The molecule has 3 saturated carbocycles. The van der Waals surface area contributed by atoms with E-state index in [2.05, 4.69) is 204 Å². The summed E-state index contributed by atoms with van der Waals surface area (Å²) in [4.78, 5) is 4.88. The first-order valence-electron chi connectivity index (χ1n) is 26.1. The van der Waals surface area contributed by atoms with Gasteiger partial charge < -0.3 is 9.80 Å². The molecule has 0 atom stereocenters. The van der Waals surface area contributed by atoms with Crippen molar-refractivity contribution in [1.29, 1.82) is 0 Å². The summed E-state index contributed by atoms with van der Waals surface area (Å²) in [7, 11) is 0. The average Bonchev–Trinajstić information content (AvgIpc) is 3.36. The number of hydrogen-bond acceptors (Lipinski definition) is 2. The van der Waals surface area contributed by atoms with Crippen LogP contribution in [0.2, 0.25) is 0 Å². The summed E-state index contributed by atoms with van der Waals surface area (Å²) in [5, 5.41) is 0. The fourth-order valence-electron chi connectivity index (χ4n) is 12.1. The van der Waals surface area contributed by atoms with Gasteiger partial charge in [-0.25, -0.2) is 0 Å². The second kappa shape index (κ2) is 19.6. The molecule has 0 unspecified atom stereocenters. The highest BCUT2D eigenvalue weighted by Gasteiger charge is 2.34. The minimum absolute atomic E-state index is 0.0963. The van der Waals surface area contributed by atoms with Gasteiger partial charge in [-0.2, -0.15) is 0 Å². The zero-order chi connectivity index (χ0) is 45.9. The molecule has 0 amide bonds. The lowest BCUT2D eigenvalue weighted by atomic mass is 9.67.